The molecule has 2 aromatic rings. The molecule has 60 heavy (non-hydrogen) atoms. The summed E-state index contributed by atoms with van der Waals surface area (Å²) in [5.74, 6) is -2.48. The Labute approximate surface area is 352 Å². The summed E-state index contributed by atoms with van der Waals surface area (Å²) >= 11 is 0.564. The number of carbonyl (C=O) groups excluding carboxylic acids is 5. The number of piperidine rings is 1. The quantitative estimate of drug-likeness (QED) is 0.117. The van der Waals surface area contributed by atoms with Crippen molar-refractivity contribution in [3.8, 4) is 6.07 Å². The third kappa shape index (κ3) is 10.5. The van der Waals surface area contributed by atoms with Crippen molar-refractivity contribution in [3.05, 3.63) is 59.2 Å². The standard InChI is InChI=1S/C39H43F6N7O6S.ClH/c1-37(2)35(56)52(59-28-12-5-24(20-46)30(19-28)38(40,41)42)36(57)51(37)26-8-10-27(11-9-26)58-18-17-49-15-16-50(31(21-49)39(43,44)45)22-33(54)47-25-6-3-23(4-7-25)29-13-14-32(53)48-34(29)55;/h3-7,12,19,26-27,29,31H,8-11,13-18,21-22H2,1-2H3,(H,47,54)(H,48,53,55);1H/t26?,27?,29?,31-;/m1./s1. The third-order valence-corrected chi connectivity index (χ3v) is 12.2. The molecule has 3 saturated heterocycles. The molecule has 1 aliphatic carbocycles. The number of alkyl halides is 6. The van der Waals surface area contributed by atoms with E-state index in [-0.39, 0.29) is 74.6 Å². The summed E-state index contributed by atoms with van der Waals surface area (Å²) in [5.41, 5.74) is -2.03. The first-order valence-electron chi connectivity index (χ1n) is 19.1. The second-order valence-corrected chi connectivity index (χ2v) is 16.5. The van der Waals surface area contributed by atoms with E-state index >= 15 is 0 Å². The molecule has 13 nitrogen and oxygen atoms in total. The number of piperazine rings is 1. The van der Waals surface area contributed by atoms with Crippen LogP contribution in [0.1, 0.15) is 75.0 Å². The van der Waals surface area contributed by atoms with E-state index in [0.29, 0.717) is 55.3 Å². The number of nitrogens with one attached hydrogen (secondary N) is 2. The van der Waals surface area contributed by atoms with E-state index in [0.717, 1.165) is 21.3 Å². The molecule has 2 N–H and O–H groups in total. The van der Waals surface area contributed by atoms with Gasteiger partial charge in [-0.2, -0.15) is 35.9 Å². The average Bonchev–Trinajstić information content (AvgIpc) is 3.33. The van der Waals surface area contributed by atoms with Gasteiger partial charge in [0.05, 0.1) is 42.4 Å². The normalized spacial score (nSPS) is 24.2. The van der Waals surface area contributed by atoms with Gasteiger partial charge in [0, 0.05) is 49.2 Å². The molecule has 1 unspecified atom stereocenters. The molecular weight excluding hydrogens is 844 g/mol. The van der Waals surface area contributed by atoms with Crippen LogP contribution in [-0.4, -0.2) is 118 Å². The number of halogens is 7. The van der Waals surface area contributed by atoms with Crippen molar-refractivity contribution in [2.75, 3.05) is 44.6 Å². The second-order valence-electron chi connectivity index (χ2n) is 15.5. The van der Waals surface area contributed by atoms with Gasteiger partial charge in [0.2, 0.25) is 17.7 Å². The molecule has 6 rings (SSSR count). The van der Waals surface area contributed by atoms with Crippen molar-refractivity contribution >= 4 is 59.7 Å². The highest BCUT2D eigenvalue weighted by atomic mass is 35.5. The number of nitriles is 1. The Morgan fingerprint density at radius 3 is 2.28 bits per heavy atom. The molecule has 0 radical (unpaired) electrons. The lowest BCUT2D eigenvalue weighted by Gasteiger charge is -2.42. The Bertz CT molecular complexity index is 1990. The van der Waals surface area contributed by atoms with E-state index in [9.17, 15) is 50.3 Å². The SMILES string of the molecule is CC1(C)C(=O)N(Sc2ccc(C#N)c(C(F)(F)F)c2)C(=O)N1C1CCC(OCCN2CCN(CC(=O)Nc3ccc(C4CCC(=O)NC4=O)cc3)[C@@H](C(F)(F)F)C2)CC1.Cl. The largest absolute Gasteiger partial charge is 0.417 e. The number of benzene rings is 2. The maximum atomic E-state index is 14.2. The predicted octanol–water partition coefficient (Wildman–Crippen LogP) is 6.08. The Hall–Kier alpha value is -4.42. The Balaban J connectivity index is 0.00000683. The number of amides is 6. The number of anilines is 1. The monoisotopic (exact) mass is 887 g/mol. The predicted molar refractivity (Wildman–Crippen MR) is 207 cm³/mol. The van der Waals surface area contributed by atoms with Crippen LogP contribution in [0.4, 0.5) is 36.8 Å². The van der Waals surface area contributed by atoms with Gasteiger partial charge in [-0.05, 0) is 93.8 Å². The molecule has 2 atom stereocenters. The van der Waals surface area contributed by atoms with E-state index in [1.165, 1.54) is 17.0 Å². The van der Waals surface area contributed by atoms with Crippen molar-refractivity contribution in [2.24, 2.45) is 0 Å². The van der Waals surface area contributed by atoms with E-state index < -0.39 is 71.3 Å². The lowest BCUT2D eigenvalue weighted by molar-refractivity contribution is -0.197. The number of rotatable bonds is 11. The highest BCUT2D eigenvalue weighted by molar-refractivity contribution is 7.98. The minimum Gasteiger partial charge on any atom is -0.377 e. The minimum atomic E-state index is -4.81. The van der Waals surface area contributed by atoms with Crippen LogP contribution in [0.15, 0.2) is 47.4 Å². The summed E-state index contributed by atoms with van der Waals surface area (Å²) in [7, 11) is 0. The zero-order chi connectivity index (χ0) is 42.9. The molecule has 4 aliphatic rings. The van der Waals surface area contributed by atoms with Crippen molar-refractivity contribution in [1.82, 2.24) is 24.3 Å². The molecule has 0 bridgehead atoms. The van der Waals surface area contributed by atoms with Crippen molar-refractivity contribution < 1.29 is 55.1 Å². The number of hydrogen-bond donors (Lipinski definition) is 2. The lowest BCUT2D eigenvalue weighted by Crippen LogP contribution is -2.60. The Morgan fingerprint density at radius 1 is 0.983 bits per heavy atom. The summed E-state index contributed by atoms with van der Waals surface area (Å²) in [4.78, 5) is 67.6. The number of urea groups is 1. The maximum Gasteiger partial charge on any atom is 0.417 e. The molecule has 6 amide bonds. The first-order valence-corrected chi connectivity index (χ1v) is 19.9. The Morgan fingerprint density at radius 2 is 1.67 bits per heavy atom. The fraction of sp³-hybridized carbons (Fsp3) is 0.538. The molecule has 326 valence electrons. The van der Waals surface area contributed by atoms with Crippen molar-refractivity contribution in [3.63, 3.8) is 0 Å². The van der Waals surface area contributed by atoms with E-state index in [1.54, 1.807) is 43.0 Å². The molecule has 21 heteroatoms. The van der Waals surface area contributed by atoms with Gasteiger partial charge >= 0.3 is 18.4 Å². The van der Waals surface area contributed by atoms with Gasteiger partial charge in [0.25, 0.3) is 5.91 Å². The summed E-state index contributed by atoms with van der Waals surface area (Å²) in [6.45, 7) is 2.92. The van der Waals surface area contributed by atoms with Gasteiger partial charge in [-0.25, -0.2) is 4.79 Å². The van der Waals surface area contributed by atoms with E-state index in [2.05, 4.69) is 10.6 Å². The van der Waals surface area contributed by atoms with E-state index in [1.807, 2.05) is 0 Å². The fourth-order valence-corrected chi connectivity index (χ4v) is 9.06. The molecule has 2 aromatic carbocycles. The van der Waals surface area contributed by atoms with Crippen molar-refractivity contribution in [1.29, 1.82) is 5.26 Å². The zero-order valence-electron chi connectivity index (χ0n) is 32.6. The van der Waals surface area contributed by atoms with E-state index in [4.69, 9.17) is 10.00 Å². The van der Waals surface area contributed by atoms with Crippen LogP contribution >= 0.6 is 24.4 Å². The topological polar surface area (TPSA) is 155 Å². The number of ether oxygens (including phenoxy) is 1. The first kappa shape index (κ1) is 46.6. The summed E-state index contributed by atoms with van der Waals surface area (Å²) in [6, 6.07) is 7.95. The van der Waals surface area contributed by atoms with Gasteiger partial charge in [0.15, 0.2) is 0 Å². The van der Waals surface area contributed by atoms with Crippen LogP contribution in [0.2, 0.25) is 0 Å². The molecule has 3 aliphatic heterocycles. The zero-order valence-corrected chi connectivity index (χ0v) is 34.2. The molecule has 3 heterocycles. The molecular formula is C39H44ClF6N7O6S. The Kier molecular flexibility index (Phi) is 14.5. The molecule has 0 aromatic heterocycles. The smallest absolute Gasteiger partial charge is 0.377 e. The minimum absolute atomic E-state index is 0. The van der Waals surface area contributed by atoms with Crippen LogP contribution in [0.5, 0.6) is 0 Å². The van der Waals surface area contributed by atoms with Gasteiger partial charge in [-0.3, -0.25) is 34.3 Å². The highest BCUT2D eigenvalue weighted by Gasteiger charge is 2.55. The summed E-state index contributed by atoms with van der Waals surface area (Å²) in [6.07, 6.45) is -7.17. The number of nitrogens with zero attached hydrogens (tertiary/aromatic N) is 5. The number of hydrogen-bond acceptors (Lipinski definition) is 10. The molecule has 0 spiro atoms. The number of carbonyl (C=O) groups is 5. The van der Waals surface area contributed by atoms with Crippen LogP contribution in [0.3, 0.4) is 0 Å². The second kappa shape index (κ2) is 18.7. The van der Waals surface area contributed by atoms with Gasteiger partial charge in [-0.15, -0.1) is 12.4 Å². The average molecular weight is 888 g/mol. The fourth-order valence-electron chi connectivity index (χ4n) is 8.08. The molecule has 1 saturated carbocycles. The lowest BCUT2D eigenvalue weighted by atomic mass is 9.89. The van der Waals surface area contributed by atoms with Crippen LogP contribution in [-0.2, 0) is 30.1 Å². The van der Waals surface area contributed by atoms with Gasteiger partial charge in [-0.1, -0.05) is 12.1 Å². The maximum absolute atomic E-state index is 14.2. The summed E-state index contributed by atoms with van der Waals surface area (Å²) < 4.78 is 90.2. The van der Waals surface area contributed by atoms with Crippen LogP contribution in [0, 0.1) is 11.3 Å². The first-order chi connectivity index (χ1) is 27.8. The highest BCUT2D eigenvalue weighted by Crippen LogP contribution is 2.42. The molecule has 4 fully saturated rings. The third-order valence-electron chi connectivity index (χ3n) is 11.2. The van der Waals surface area contributed by atoms with Gasteiger partial charge in [0.1, 0.15) is 11.6 Å². The number of imide groups is 2. The summed E-state index contributed by atoms with van der Waals surface area (Å²) in [5, 5.41) is 14.0. The van der Waals surface area contributed by atoms with Crippen LogP contribution < -0.4 is 10.6 Å². The van der Waals surface area contributed by atoms with Crippen LogP contribution in [0.25, 0.3) is 0 Å². The van der Waals surface area contributed by atoms with Crippen molar-refractivity contribution in [2.45, 2.75) is 99.3 Å². The van der Waals surface area contributed by atoms with Gasteiger partial charge < -0.3 is 15.0 Å².